The van der Waals surface area contributed by atoms with Gasteiger partial charge in [0.2, 0.25) is 0 Å². The molecule has 3 heteroatoms. The summed E-state index contributed by atoms with van der Waals surface area (Å²) >= 11 is 0. The summed E-state index contributed by atoms with van der Waals surface area (Å²) in [6.07, 6.45) is 3.47. The van der Waals surface area contributed by atoms with Crippen molar-refractivity contribution in [3.8, 4) is 0 Å². The Morgan fingerprint density at radius 1 is 1.30 bits per heavy atom. The maximum absolute atomic E-state index is 4.74. The zero-order chi connectivity index (χ0) is 13.9. The van der Waals surface area contributed by atoms with Crippen molar-refractivity contribution in [2.45, 2.75) is 19.9 Å². The average molecular weight is 267 g/mol. The molecule has 1 aromatic carbocycles. The van der Waals surface area contributed by atoms with Crippen LogP contribution in [0.2, 0.25) is 0 Å². The molecule has 0 unspecified atom stereocenters. The van der Waals surface area contributed by atoms with Gasteiger partial charge in [-0.25, -0.2) is 0 Å². The standard InChI is InChI=1S/C17H21N3/c1-13-6-5-9-20(12-13)17-10-14(11-18-2)19-16-8-4-3-7-15(16)17/h3-4,6-8,10,18H,5,9,11-12H2,1-2H3. The van der Waals surface area contributed by atoms with Crippen molar-refractivity contribution in [2.75, 3.05) is 25.0 Å². The number of pyridine rings is 1. The van der Waals surface area contributed by atoms with Gasteiger partial charge in [0, 0.05) is 30.7 Å². The first-order valence-corrected chi connectivity index (χ1v) is 7.22. The van der Waals surface area contributed by atoms with Gasteiger partial charge in [-0.05, 0) is 32.5 Å². The molecular formula is C17H21N3. The molecule has 2 heterocycles. The molecule has 104 valence electrons. The van der Waals surface area contributed by atoms with Crippen molar-refractivity contribution in [1.82, 2.24) is 10.3 Å². The molecule has 1 aliphatic heterocycles. The van der Waals surface area contributed by atoms with E-state index in [9.17, 15) is 0 Å². The first-order chi connectivity index (χ1) is 9.78. The van der Waals surface area contributed by atoms with Gasteiger partial charge in [-0.1, -0.05) is 29.8 Å². The Bertz CT molecular complexity index is 646. The zero-order valence-corrected chi connectivity index (χ0v) is 12.2. The second-order valence-corrected chi connectivity index (χ2v) is 5.44. The monoisotopic (exact) mass is 267 g/mol. The highest BCUT2D eigenvalue weighted by Gasteiger charge is 2.15. The molecule has 0 aliphatic carbocycles. The minimum absolute atomic E-state index is 0.806. The summed E-state index contributed by atoms with van der Waals surface area (Å²) in [5.41, 5.74) is 4.96. The van der Waals surface area contributed by atoms with E-state index >= 15 is 0 Å². The fourth-order valence-corrected chi connectivity index (χ4v) is 2.86. The van der Waals surface area contributed by atoms with Crippen LogP contribution in [0.5, 0.6) is 0 Å². The quantitative estimate of drug-likeness (QED) is 0.866. The minimum atomic E-state index is 0.806. The minimum Gasteiger partial charge on any atom is -0.367 e. The van der Waals surface area contributed by atoms with Crippen molar-refractivity contribution < 1.29 is 0 Å². The normalized spacial score (nSPS) is 15.5. The highest BCUT2D eigenvalue weighted by molar-refractivity contribution is 5.92. The number of hydrogen-bond donors (Lipinski definition) is 1. The summed E-state index contributed by atoms with van der Waals surface area (Å²) < 4.78 is 0. The average Bonchev–Trinajstić information content (AvgIpc) is 2.47. The predicted octanol–water partition coefficient (Wildman–Crippen LogP) is 3.11. The lowest BCUT2D eigenvalue weighted by Gasteiger charge is -2.29. The number of rotatable bonds is 3. The van der Waals surface area contributed by atoms with Crippen LogP contribution in [-0.2, 0) is 6.54 Å². The summed E-state index contributed by atoms with van der Waals surface area (Å²) in [4.78, 5) is 7.21. The van der Waals surface area contributed by atoms with Gasteiger partial charge < -0.3 is 10.2 Å². The summed E-state index contributed by atoms with van der Waals surface area (Å²) in [5, 5.41) is 4.45. The Hall–Kier alpha value is -1.87. The smallest absolute Gasteiger partial charge is 0.0726 e. The molecule has 1 N–H and O–H groups in total. The van der Waals surface area contributed by atoms with Crippen LogP contribution >= 0.6 is 0 Å². The fourth-order valence-electron chi connectivity index (χ4n) is 2.86. The second kappa shape index (κ2) is 5.63. The van der Waals surface area contributed by atoms with E-state index in [0.717, 1.165) is 37.3 Å². The van der Waals surface area contributed by atoms with Gasteiger partial charge in [0.05, 0.1) is 11.2 Å². The van der Waals surface area contributed by atoms with Crippen molar-refractivity contribution in [3.05, 3.63) is 47.7 Å². The van der Waals surface area contributed by atoms with E-state index in [0.29, 0.717) is 0 Å². The van der Waals surface area contributed by atoms with Crippen molar-refractivity contribution in [3.63, 3.8) is 0 Å². The molecular weight excluding hydrogens is 246 g/mol. The number of nitrogens with zero attached hydrogens (tertiary/aromatic N) is 2. The SMILES string of the molecule is CNCc1cc(N2CCC=C(C)C2)c2ccccc2n1. The maximum atomic E-state index is 4.74. The van der Waals surface area contributed by atoms with Crippen LogP contribution < -0.4 is 10.2 Å². The van der Waals surface area contributed by atoms with E-state index in [1.54, 1.807) is 0 Å². The van der Waals surface area contributed by atoms with Crippen LogP contribution in [0.3, 0.4) is 0 Å². The third kappa shape index (κ3) is 2.54. The van der Waals surface area contributed by atoms with Gasteiger partial charge in [-0.15, -0.1) is 0 Å². The lowest BCUT2D eigenvalue weighted by Crippen LogP contribution is -2.29. The molecule has 0 radical (unpaired) electrons. The third-order valence-corrected chi connectivity index (χ3v) is 3.78. The van der Waals surface area contributed by atoms with Gasteiger partial charge in [0.1, 0.15) is 0 Å². The van der Waals surface area contributed by atoms with Crippen LogP contribution in [0, 0.1) is 0 Å². The second-order valence-electron chi connectivity index (χ2n) is 5.44. The summed E-state index contributed by atoms with van der Waals surface area (Å²) in [6.45, 7) is 5.13. The summed E-state index contributed by atoms with van der Waals surface area (Å²) in [5.74, 6) is 0. The Labute approximate surface area is 120 Å². The number of aromatic nitrogens is 1. The molecule has 0 spiro atoms. The van der Waals surface area contributed by atoms with Gasteiger partial charge in [-0.3, -0.25) is 4.98 Å². The predicted molar refractivity (Wildman–Crippen MR) is 85.1 cm³/mol. The van der Waals surface area contributed by atoms with E-state index in [1.165, 1.54) is 16.6 Å². The van der Waals surface area contributed by atoms with E-state index in [2.05, 4.69) is 53.5 Å². The highest BCUT2D eigenvalue weighted by atomic mass is 15.1. The van der Waals surface area contributed by atoms with Crippen LogP contribution in [0.15, 0.2) is 42.0 Å². The first-order valence-electron chi connectivity index (χ1n) is 7.22. The molecule has 0 atom stereocenters. The van der Waals surface area contributed by atoms with E-state index in [4.69, 9.17) is 4.98 Å². The van der Waals surface area contributed by atoms with Gasteiger partial charge in [0.25, 0.3) is 0 Å². The van der Waals surface area contributed by atoms with E-state index in [1.807, 2.05) is 7.05 Å². The van der Waals surface area contributed by atoms with Crippen LogP contribution in [0.4, 0.5) is 5.69 Å². The lowest BCUT2D eigenvalue weighted by atomic mass is 10.1. The number of nitrogens with one attached hydrogen (secondary N) is 1. The number of benzene rings is 1. The van der Waals surface area contributed by atoms with Crippen molar-refractivity contribution >= 4 is 16.6 Å². The maximum Gasteiger partial charge on any atom is 0.0726 e. The molecule has 0 saturated carbocycles. The van der Waals surface area contributed by atoms with Gasteiger partial charge >= 0.3 is 0 Å². The molecule has 3 rings (SSSR count). The number of anilines is 1. The Kier molecular flexibility index (Phi) is 3.70. The third-order valence-electron chi connectivity index (χ3n) is 3.78. The molecule has 3 nitrogen and oxygen atoms in total. The Balaban J connectivity index is 2.09. The summed E-state index contributed by atoms with van der Waals surface area (Å²) in [7, 11) is 1.96. The van der Waals surface area contributed by atoms with E-state index < -0.39 is 0 Å². The summed E-state index contributed by atoms with van der Waals surface area (Å²) in [6, 6.07) is 10.7. The molecule has 2 aromatic rings. The molecule has 1 aromatic heterocycles. The topological polar surface area (TPSA) is 28.2 Å². The van der Waals surface area contributed by atoms with Crippen molar-refractivity contribution in [1.29, 1.82) is 0 Å². The van der Waals surface area contributed by atoms with Crippen LogP contribution in [0.25, 0.3) is 10.9 Å². The van der Waals surface area contributed by atoms with E-state index in [-0.39, 0.29) is 0 Å². The molecule has 0 amide bonds. The Morgan fingerprint density at radius 3 is 2.95 bits per heavy atom. The molecule has 0 bridgehead atoms. The van der Waals surface area contributed by atoms with Crippen molar-refractivity contribution in [2.24, 2.45) is 0 Å². The van der Waals surface area contributed by atoms with Gasteiger partial charge in [-0.2, -0.15) is 0 Å². The number of fused-ring (bicyclic) bond motifs is 1. The van der Waals surface area contributed by atoms with Crippen LogP contribution in [-0.4, -0.2) is 25.1 Å². The first kappa shape index (κ1) is 13.1. The zero-order valence-electron chi connectivity index (χ0n) is 12.2. The molecule has 1 aliphatic rings. The van der Waals surface area contributed by atoms with Crippen LogP contribution in [0.1, 0.15) is 19.0 Å². The largest absolute Gasteiger partial charge is 0.367 e. The number of hydrogen-bond acceptors (Lipinski definition) is 3. The molecule has 20 heavy (non-hydrogen) atoms. The highest BCUT2D eigenvalue weighted by Crippen LogP contribution is 2.29. The molecule has 0 saturated heterocycles. The number of para-hydroxylation sites is 1. The van der Waals surface area contributed by atoms with Gasteiger partial charge in [0.15, 0.2) is 0 Å². The lowest BCUT2D eigenvalue weighted by molar-refractivity contribution is 0.778. The Morgan fingerprint density at radius 2 is 2.15 bits per heavy atom. The molecule has 0 fully saturated rings. The fraction of sp³-hybridized carbons (Fsp3) is 0.353.